The van der Waals surface area contributed by atoms with Crippen molar-refractivity contribution in [1.82, 2.24) is 18.7 Å². The zero-order chi connectivity index (χ0) is 41.2. The van der Waals surface area contributed by atoms with E-state index in [2.05, 4.69) is 199 Å². The number of hydrogen-bond acceptors (Lipinski definition) is 2. The molecule has 0 spiro atoms. The molecule has 0 unspecified atom stereocenters. The van der Waals surface area contributed by atoms with Gasteiger partial charge in [0.05, 0.1) is 0 Å². The maximum atomic E-state index is 6.72. The van der Waals surface area contributed by atoms with Gasteiger partial charge >= 0.3 is 294 Å². The molecule has 5 nitrogen and oxygen atoms in total. The van der Waals surface area contributed by atoms with Crippen molar-refractivity contribution in [2.45, 2.75) is 45.4 Å². The molecule has 0 N–H and O–H groups in total. The molecule has 0 bridgehead atoms. The Morgan fingerprint density at radius 3 is 2.02 bits per heavy atom. The van der Waals surface area contributed by atoms with Crippen molar-refractivity contribution in [3.8, 4) is 50.9 Å². The van der Waals surface area contributed by atoms with Crippen LogP contribution in [0.4, 0.5) is 0 Å². The molecule has 0 saturated heterocycles. The van der Waals surface area contributed by atoms with Crippen LogP contribution in [-0.2, 0) is 31.2 Å². The van der Waals surface area contributed by atoms with Crippen LogP contribution in [0.1, 0.15) is 43.4 Å². The first-order chi connectivity index (χ1) is 29.8. The number of aryl methyl sites for hydroxylation is 2. The fourth-order valence-electron chi connectivity index (χ4n) is 9.43. The molecular weight excluding hydrogens is 928 g/mol. The van der Waals surface area contributed by atoms with Gasteiger partial charge in [0.15, 0.2) is 0 Å². The van der Waals surface area contributed by atoms with Crippen LogP contribution in [0.15, 0.2) is 164 Å². The number of imidazole rings is 1. The topological polar surface area (TPSA) is 36.9 Å². The van der Waals surface area contributed by atoms with E-state index in [9.17, 15) is 0 Å². The zero-order valence-corrected chi connectivity index (χ0v) is 36.5. The Kier molecular flexibility index (Phi) is 9.13. The molecule has 0 fully saturated rings. The summed E-state index contributed by atoms with van der Waals surface area (Å²) < 4.78 is 14.7. The third-order valence-corrected chi connectivity index (χ3v) is 13.3. The Hall–Kier alpha value is -6.55. The number of pyridine rings is 1. The quantitative estimate of drug-likeness (QED) is 0.149. The Morgan fingerprint density at radius 2 is 1.30 bits per heavy atom. The first kappa shape index (κ1) is 37.4. The van der Waals surface area contributed by atoms with E-state index in [1.165, 1.54) is 29.4 Å². The summed E-state index contributed by atoms with van der Waals surface area (Å²) in [6, 6.07) is 63.3. The molecule has 0 amide bonds. The van der Waals surface area contributed by atoms with Crippen molar-refractivity contribution >= 4 is 32.8 Å². The summed E-state index contributed by atoms with van der Waals surface area (Å²) in [6.07, 6.45) is 5.38. The second-order valence-corrected chi connectivity index (χ2v) is 17.7. The molecule has 0 atom stereocenters. The van der Waals surface area contributed by atoms with Crippen LogP contribution in [-0.4, -0.2) is 18.7 Å². The second kappa shape index (κ2) is 14.9. The van der Waals surface area contributed by atoms with Crippen LogP contribution < -0.4 is 4.74 Å². The van der Waals surface area contributed by atoms with E-state index in [1.807, 2.05) is 30.5 Å². The molecule has 6 heteroatoms. The van der Waals surface area contributed by atoms with Crippen LogP contribution in [0.5, 0.6) is 11.5 Å². The van der Waals surface area contributed by atoms with Crippen LogP contribution in [0.3, 0.4) is 0 Å². The second-order valence-electron chi connectivity index (χ2n) is 16.7. The number of rotatable bonds is 7. The van der Waals surface area contributed by atoms with Crippen molar-refractivity contribution in [2.24, 2.45) is 0 Å². The number of nitrogens with zero attached hydrogens (tertiary/aromatic N) is 4. The number of para-hydroxylation sites is 3. The van der Waals surface area contributed by atoms with Gasteiger partial charge in [-0.15, -0.1) is 0 Å². The molecule has 3 heterocycles. The number of ether oxygens (including phenoxy) is 1. The van der Waals surface area contributed by atoms with Crippen LogP contribution in [0.2, 0.25) is 0 Å². The van der Waals surface area contributed by atoms with E-state index in [4.69, 9.17) is 9.72 Å². The first-order valence-corrected chi connectivity index (χ1v) is 22.1. The summed E-state index contributed by atoms with van der Waals surface area (Å²) in [6.45, 7) is 6.87. The summed E-state index contributed by atoms with van der Waals surface area (Å²) in [5, 5.41) is 2.36. The van der Waals surface area contributed by atoms with Crippen LogP contribution in [0, 0.1) is 22.9 Å². The summed E-state index contributed by atoms with van der Waals surface area (Å²) in [7, 11) is 0. The van der Waals surface area contributed by atoms with Crippen molar-refractivity contribution in [3.63, 3.8) is 0 Å². The molecule has 0 aliphatic heterocycles. The Balaban J connectivity index is 1.05. The smallest absolute Gasteiger partial charge is 0.0558 e. The standard InChI is InChI=1S/C55H42N4O.Pt/c1-37-28-30-56-53(31-37)59-51-34-43(26-27-46(51)47-32-40-19-14-29-55(2,3)48(40)35-52(47)59)60-42-21-12-20-41(33-42)57-36-58(50-25-11-10-24-49(50)57)54-44(38-15-6-4-7-16-38)22-13-23-45(54)39-17-8-5-9-18-39;/h4-13,15-18,20-28,30-32,35H,14,19,29H2,1-3H3;/q-2;. The molecule has 300 valence electrons. The zero-order valence-electron chi connectivity index (χ0n) is 34.2. The van der Waals surface area contributed by atoms with E-state index in [1.54, 1.807) is 0 Å². The predicted octanol–water partition coefficient (Wildman–Crippen LogP) is 13.6. The van der Waals surface area contributed by atoms with Crippen LogP contribution in [0.25, 0.3) is 72.3 Å². The monoisotopic (exact) mass is 969 g/mol. The van der Waals surface area contributed by atoms with Gasteiger partial charge in [-0.05, 0) is 54.4 Å². The molecule has 7 aromatic carbocycles. The molecule has 1 aliphatic rings. The maximum absolute atomic E-state index is 6.72. The van der Waals surface area contributed by atoms with Gasteiger partial charge in [-0.1, -0.05) is 13.8 Å². The first-order valence-electron chi connectivity index (χ1n) is 20.9. The van der Waals surface area contributed by atoms with Crippen molar-refractivity contribution < 1.29 is 24.1 Å². The molecule has 11 rings (SSSR count). The van der Waals surface area contributed by atoms with Crippen LogP contribution >= 0.6 is 0 Å². The molecule has 61 heavy (non-hydrogen) atoms. The molecule has 1 aliphatic carbocycles. The van der Waals surface area contributed by atoms with E-state index >= 15 is 0 Å². The average Bonchev–Trinajstić information content (AvgIpc) is 3.76. The summed E-state index contributed by atoms with van der Waals surface area (Å²) in [5.74, 6) is 2.10. The van der Waals surface area contributed by atoms with E-state index in [-0.39, 0.29) is 5.41 Å². The number of benzene rings is 7. The number of hydrogen-bond donors (Lipinski definition) is 0. The van der Waals surface area contributed by atoms with E-state index in [0.717, 1.165) is 82.7 Å². The van der Waals surface area contributed by atoms with Gasteiger partial charge < -0.3 is 0 Å². The van der Waals surface area contributed by atoms with Gasteiger partial charge in [0.1, 0.15) is 0 Å². The van der Waals surface area contributed by atoms with Gasteiger partial charge in [0, 0.05) is 6.20 Å². The average molecular weight is 970 g/mol. The summed E-state index contributed by atoms with van der Waals surface area (Å²) >= 11 is 2.48. The van der Waals surface area contributed by atoms with Gasteiger partial charge in [0.25, 0.3) is 0 Å². The van der Waals surface area contributed by atoms with Crippen molar-refractivity contribution in [3.05, 3.63) is 197 Å². The molecule has 3 aromatic heterocycles. The fraction of sp³-hybridized carbons (Fsp3) is 0.127. The minimum atomic E-state index is 0.111. The number of fused-ring (bicyclic) bond motifs is 5. The van der Waals surface area contributed by atoms with Gasteiger partial charge in [-0.25, -0.2) is 0 Å². The molecule has 10 aromatic rings. The minimum absolute atomic E-state index is 0.111. The predicted molar refractivity (Wildman–Crippen MR) is 244 cm³/mol. The van der Waals surface area contributed by atoms with E-state index < -0.39 is 0 Å². The van der Waals surface area contributed by atoms with Crippen molar-refractivity contribution in [2.75, 3.05) is 0 Å². The van der Waals surface area contributed by atoms with E-state index in [0.29, 0.717) is 11.5 Å². The fourth-order valence-corrected chi connectivity index (χ4v) is 10.5. The third kappa shape index (κ3) is 6.42. The molecule has 0 radical (unpaired) electrons. The van der Waals surface area contributed by atoms with Gasteiger partial charge in [-0.3, -0.25) is 0 Å². The number of aromatic nitrogens is 4. The van der Waals surface area contributed by atoms with Gasteiger partial charge in [-0.2, -0.15) is 0 Å². The third-order valence-electron chi connectivity index (χ3n) is 12.3. The Labute approximate surface area is 366 Å². The Morgan fingerprint density at radius 1 is 0.623 bits per heavy atom. The van der Waals surface area contributed by atoms with Gasteiger partial charge in [0.2, 0.25) is 0 Å². The summed E-state index contributed by atoms with van der Waals surface area (Å²) in [4.78, 5) is 4.88. The van der Waals surface area contributed by atoms with Crippen molar-refractivity contribution in [1.29, 1.82) is 0 Å². The Bertz CT molecular complexity index is 3320. The molecule has 0 saturated carbocycles. The SMILES string of the molecule is Cc1ccnc(-n2c3[c-]c(Oc4[c-]c(-n5[c](=[Pt])n(-c6c(-c7ccccc7)cccc6-c6ccccc6)c6ccccc65)ccc4)ccc3c3cc4c(cc32)C(C)(C)CCC4)c1. The minimum Gasteiger partial charge on any atom is -0.0558 e. The normalized spacial score (nSPS) is 13.5. The summed E-state index contributed by atoms with van der Waals surface area (Å²) in [5.41, 5.74) is 15.0. The molecular formula is C55H42N4OPt-2.